The van der Waals surface area contributed by atoms with Crippen LogP contribution in [0.5, 0.6) is 0 Å². The summed E-state index contributed by atoms with van der Waals surface area (Å²) in [6.45, 7) is 1.56. The molecule has 2 N–H and O–H groups in total. The lowest BCUT2D eigenvalue weighted by atomic mass is 9.96. The molecular weight excluding hydrogens is 264 g/mol. The minimum atomic E-state index is -1.34. The molecule has 2 aromatic rings. The van der Waals surface area contributed by atoms with Crippen LogP contribution in [0.3, 0.4) is 0 Å². The van der Waals surface area contributed by atoms with E-state index in [1.165, 1.54) is 0 Å². The van der Waals surface area contributed by atoms with E-state index < -0.39 is 11.5 Å². The Bertz CT molecular complexity index is 589. The number of aliphatic carboxylic acids is 1. The van der Waals surface area contributed by atoms with Crippen LogP contribution in [0.2, 0.25) is 5.02 Å². The second-order valence-corrected chi connectivity index (χ2v) is 4.66. The van der Waals surface area contributed by atoms with Crippen LogP contribution in [-0.2, 0) is 10.3 Å². The molecule has 0 amide bonds. The second-order valence-electron chi connectivity index (χ2n) is 4.25. The lowest BCUT2D eigenvalue weighted by molar-refractivity contribution is -0.142. The topological polar surface area (TPSA) is 62.2 Å². The van der Waals surface area contributed by atoms with E-state index in [2.05, 4.69) is 10.3 Å². The number of hydrogen-bond acceptors (Lipinski definition) is 3. The maximum Gasteiger partial charge on any atom is 0.335 e. The van der Waals surface area contributed by atoms with Gasteiger partial charge in [0.15, 0.2) is 5.54 Å². The summed E-state index contributed by atoms with van der Waals surface area (Å²) >= 11 is 6.05. The van der Waals surface area contributed by atoms with Crippen LogP contribution in [-0.4, -0.2) is 16.1 Å². The maximum absolute atomic E-state index is 11.6. The molecule has 0 saturated heterocycles. The van der Waals surface area contributed by atoms with E-state index in [9.17, 15) is 9.90 Å². The SMILES string of the molecule is CC(Nc1ccccc1Cl)(C(=O)O)c1ccccn1. The third-order valence-electron chi connectivity index (χ3n) is 2.86. The molecule has 2 rings (SSSR count). The Hall–Kier alpha value is -2.07. The number of carbonyl (C=O) groups is 1. The first-order chi connectivity index (χ1) is 9.04. The molecule has 1 aromatic heterocycles. The standard InChI is InChI=1S/C14H13ClN2O2/c1-14(13(18)19,12-8-4-5-9-16-12)17-11-7-3-2-6-10(11)15/h2-9,17H,1H3,(H,18,19). The van der Waals surface area contributed by atoms with Gasteiger partial charge >= 0.3 is 5.97 Å². The zero-order valence-corrected chi connectivity index (χ0v) is 11.1. The quantitative estimate of drug-likeness (QED) is 0.900. The average Bonchev–Trinajstić information content (AvgIpc) is 2.42. The van der Waals surface area contributed by atoms with E-state index in [1.54, 1.807) is 55.6 Å². The Morgan fingerprint density at radius 3 is 2.53 bits per heavy atom. The summed E-state index contributed by atoms with van der Waals surface area (Å²) < 4.78 is 0. The number of hydrogen-bond donors (Lipinski definition) is 2. The van der Waals surface area contributed by atoms with Gasteiger partial charge in [0.1, 0.15) is 0 Å². The maximum atomic E-state index is 11.6. The van der Waals surface area contributed by atoms with E-state index in [4.69, 9.17) is 11.6 Å². The normalized spacial score (nSPS) is 13.6. The molecule has 1 atom stereocenters. The van der Waals surface area contributed by atoms with Gasteiger partial charge in [0.05, 0.1) is 16.4 Å². The molecule has 0 aliphatic rings. The fraction of sp³-hybridized carbons (Fsp3) is 0.143. The van der Waals surface area contributed by atoms with Crippen molar-refractivity contribution in [2.45, 2.75) is 12.5 Å². The Kier molecular flexibility index (Phi) is 3.71. The Morgan fingerprint density at radius 2 is 1.95 bits per heavy atom. The molecule has 0 aliphatic heterocycles. The summed E-state index contributed by atoms with van der Waals surface area (Å²) in [5, 5.41) is 12.9. The third kappa shape index (κ3) is 2.69. The largest absolute Gasteiger partial charge is 0.479 e. The van der Waals surface area contributed by atoms with Crippen molar-refractivity contribution < 1.29 is 9.90 Å². The van der Waals surface area contributed by atoms with Crippen LogP contribution in [0.25, 0.3) is 0 Å². The van der Waals surface area contributed by atoms with Crippen LogP contribution >= 0.6 is 11.6 Å². The second kappa shape index (κ2) is 5.28. The van der Waals surface area contributed by atoms with Crippen molar-refractivity contribution in [3.05, 3.63) is 59.4 Å². The minimum absolute atomic E-state index is 0.419. The van der Waals surface area contributed by atoms with E-state index in [1.807, 2.05) is 0 Å². The monoisotopic (exact) mass is 276 g/mol. The van der Waals surface area contributed by atoms with Crippen molar-refractivity contribution in [2.75, 3.05) is 5.32 Å². The van der Waals surface area contributed by atoms with Crippen molar-refractivity contribution >= 4 is 23.3 Å². The highest BCUT2D eigenvalue weighted by Gasteiger charge is 2.36. The van der Waals surface area contributed by atoms with Gasteiger partial charge in [0.25, 0.3) is 0 Å². The lowest BCUT2D eigenvalue weighted by Crippen LogP contribution is -2.41. The number of rotatable bonds is 4. The first-order valence-corrected chi connectivity index (χ1v) is 6.09. The van der Waals surface area contributed by atoms with Gasteiger partial charge < -0.3 is 10.4 Å². The van der Waals surface area contributed by atoms with Crippen molar-refractivity contribution in [3.63, 3.8) is 0 Å². The van der Waals surface area contributed by atoms with Crippen LogP contribution in [0.15, 0.2) is 48.7 Å². The summed E-state index contributed by atoms with van der Waals surface area (Å²) in [6, 6.07) is 12.1. The Morgan fingerprint density at radius 1 is 1.26 bits per heavy atom. The van der Waals surface area contributed by atoms with Crippen LogP contribution in [0.1, 0.15) is 12.6 Å². The van der Waals surface area contributed by atoms with Gasteiger partial charge in [-0.3, -0.25) is 4.98 Å². The molecule has 0 aliphatic carbocycles. The Labute approximate surface area is 116 Å². The molecule has 0 spiro atoms. The zero-order valence-electron chi connectivity index (χ0n) is 10.3. The fourth-order valence-electron chi connectivity index (χ4n) is 1.72. The van der Waals surface area contributed by atoms with Crippen LogP contribution < -0.4 is 5.32 Å². The molecule has 1 aromatic carbocycles. The summed E-state index contributed by atoms with van der Waals surface area (Å²) in [5.41, 5.74) is -0.367. The number of anilines is 1. The number of nitrogens with one attached hydrogen (secondary N) is 1. The molecule has 4 nitrogen and oxygen atoms in total. The minimum Gasteiger partial charge on any atom is -0.479 e. The highest BCUT2D eigenvalue weighted by atomic mass is 35.5. The molecule has 0 fully saturated rings. The Balaban J connectivity index is 2.42. The van der Waals surface area contributed by atoms with E-state index in [0.29, 0.717) is 16.4 Å². The molecule has 1 heterocycles. The van der Waals surface area contributed by atoms with Crippen LogP contribution in [0.4, 0.5) is 5.69 Å². The molecule has 19 heavy (non-hydrogen) atoms. The number of carboxylic acid groups (broad SMARTS) is 1. The van der Waals surface area contributed by atoms with E-state index in [-0.39, 0.29) is 0 Å². The molecule has 0 saturated carbocycles. The highest BCUT2D eigenvalue weighted by molar-refractivity contribution is 6.33. The summed E-state index contributed by atoms with van der Waals surface area (Å²) in [7, 11) is 0. The number of para-hydroxylation sites is 1. The summed E-state index contributed by atoms with van der Waals surface area (Å²) in [6.07, 6.45) is 1.56. The van der Waals surface area contributed by atoms with Gasteiger partial charge in [-0.1, -0.05) is 29.8 Å². The van der Waals surface area contributed by atoms with Crippen molar-refractivity contribution in [1.29, 1.82) is 0 Å². The molecule has 98 valence electrons. The fourth-order valence-corrected chi connectivity index (χ4v) is 1.90. The van der Waals surface area contributed by atoms with Crippen LogP contribution in [0, 0.1) is 0 Å². The summed E-state index contributed by atoms with van der Waals surface area (Å²) in [4.78, 5) is 15.7. The highest BCUT2D eigenvalue weighted by Crippen LogP contribution is 2.29. The molecule has 5 heteroatoms. The molecule has 0 bridgehead atoms. The number of carboxylic acids is 1. The number of aromatic nitrogens is 1. The predicted octanol–water partition coefficient (Wildman–Crippen LogP) is 3.15. The van der Waals surface area contributed by atoms with E-state index >= 15 is 0 Å². The van der Waals surface area contributed by atoms with Gasteiger partial charge in [-0.2, -0.15) is 0 Å². The van der Waals surface area contributed by atoms with Crippen molar-refractivity contribution in [3.8, 4) is 0 Å². The van der Waals surface area contributed by atoms with E-state index in [0.717, 1.165) is 0 Å². The third-order valence-corrected chi connectivity index (χ3v) is 3.19. The predicted molar refractivity (Wildman–Crippen MR) is 74.3 cm³/mol. The van der Waals surface area contributed by atoms with Gasteiger partial charge in [0.2, 0.25) is 0 Å². The first kappa shape index (κ1) is 13.4. The van der Waals surface area contributed by atoms with Crippen molar-refractivity contribution in [1.82, 2.24) is 4.98 Å². The summed E-state index contributed by atoms with van der Waals surface area (Å²) in [5.74, 6) is -1.02. The molecule has 0 radical (unpaired) electrons. The molecule has 1 unspecified atom stereocenters. The van der Waals surface area contributed by atoms with Gasteiger partial charge in [0, 0.05) is 6.20 Å². The average molecular weight is 277 g/mol. The lowest BCUT2D eigenvalue weighted by Gasteiger charge is -2.27. The van der Waals surface area contributed by atoms with Gasteiger partial charge in [-0.25, -0.2) is 4.79 Å². The van der Waals surface area contributed by atoms with Gasteiger partial charge in [-0.15, -0.1) is 0 Å². The van der Waals surface area contributed by atoms with Gasteiger partial charge in [-0.05, 0) is 31.2 Å². The number of pyridine rings is 1. The molecular formula is C14H13ClN2O2. The zero-order chi connectivity index (χ0) is 13.9. The smallest absolute Gasteiger partial charge is 0.335 e. The number of nitrogens with zero attached hydrogens (tertiary/aromatic N) is 1. The number of benzene rings is 1. The first-order valence-electron chi connectivity index (χ1n) is 5.71. The van der Waals surface area contributed by atoms with Crippen molar-refractivity contribution in [2.24, 2.45) is 0 Å². The number of halogens is 1.